The molecular weight excluding hydrogens is 416 g/mol. The molecule has 0 amide bonds. The van der Waals surface area contributed by atoms with E-state index >= 15 is 0 Å². The van der Waals surface area contributed by atoms with Gasteiger partial charge in [0.15, 0.2) is 0 Å². The van der Waals surface area contributed by atoms with Crippen molar-refractivity contribution >= 4 is 27.3 Å². The summed E-state index contributed by atoms with van der Waals surface area (Å²) >= 11 is 5.81. The summed E-state index contributed by atoms with van der Waals surface area (Å²) in [6.07, 6.45) is -0.639. The lowest BCUT2D eigenvalue weighted by molar-refractivity contribution is -0.384. The molecule has 9 heteroatoms. The van der Waals surface area contributed by atoms with Gasteiger partial charge in [-0.05, 0) is 42.0 Å². The van der Waals surface area contributed by atoms with Crippen LogP contribution in [0.5, 0.6) is 5.75 Å². The predicted octanol–water partition coefficient (Wildman–Crippen LogP) is 4.35. The van der Waals surface area contributed by atoms with Crippen molar-refractivity contribution in [3.8, 4) is 5.75 Å². The Morgan fingerprint density at radius 3 is 2.17 bits per heavy atom. The van der Waals surface area contributed by atoms with Crippen molar-refractivity contribution < 1.29 is 18.1 Å². The molecule has 1 atom stereocenters. The van der Waals surface area contributed by atoms with Crippen LogP contribution in [0.1, 0.15) is 11.7 Å². The fourth-order valence-electron chi connectivity index (χ4n) is 2.59. The standard InChI is InChI=1S/C20H17ClN2O5S/c21-16-6-12-19(13-7-16)29(26,27)22-14-20(15-4-2-1-3-5-15)28-18-10-8-17(9-11-18)23(24)25/h1-13,20,22H,14H2/t20-/m0/s1. The average Bonchev–Trinajstić information content (AvgIpc) is 2.72. The van der Waals surface area contributed by atoms with Crippen molar-refractivity contribution in [3.63, 3.8) is 0 Å². The van der Waals surface area contributed by atoms with Crippen LogP contribution in [0, 0.1) is 10.1 Å². The van der Waals surface area contributed by atoms with Gasteiger partial charge < -0.3 is 4.74 Å². The number of non-ortho nitro benzene ring substituents is 1. The quantitative estimate of drug-likeness (QED) is 0.421. The predicted molar refractivity (Wildman–Crippen MR) is 110 cm³/mol. The van der Waals surface area contributed by atoms with Crippen molar-refractivity contribution in [3.05, 3.63) is 99.6 Å². The number of rotatable bonds is 8. The molecule has 0 saturated carbocycles. The normalized spacial score (nSPS) is 12.3. The Morgan fingerprint density at radius 2 is 1.59 bits per heavy atom. The zero-order valence-electron chi connectivity index (χ0n) is 15.1. The van der Waals surface area contributed by atoms with Gasteiger partial charge in [0.1, 0.15) is 11.9 Å². The highest BCUT2D eigenvalue weighted by Gasteiger charge is 2.20. The molecule has 3 rings (SSSR count). The molecule has 3 aromatic carbocycles. The summed E-state index contributed by atoms with van der Waals surface area (Å²) in [4.78, 5) is 10.4. The van der Waals surface area contributed by atoms with Gasteiger partial charge in [-0.3, -0.25) is 10.1 Å². The number of nitro benzene ring substituents is 1. The Kier molecular flexibility index (Phi) is 6.48. The van der Waals surface area contributed by atoms with Gasteiger partial charge in [-0.25, -0.2) is 13.1 Å². The fourth-order valence-corrected chi connectivity index (χ4v) is 3.75. The average molecular weight is 433 g/mol. The van der Waals surface area contributed by atoms with Gasteiger partial charge in [-0.2, -0.15) is 0 Å². The molecule has 0 heterocycles. The summed E-state index contributed by atoms with van der Waals surface area (Å²) in [7, 11) is -3.77. The van der Waals surface area contributed by atoms with Crippen molar-refractivity contribution in [1.82, 2.24) is 4.72 Å². The van der Waals surface area contributed by atoms with Crippen LogP contribution in [0.4, 0.5) is 5.69 Å². The number of nitrogens with zero attached hydrogens (tertiary/aromatic N) is 1. The van der Waals surface area contributed by atoms with Gasteiger partial charge in [-0.15, -0.1) is 0 Å². The van der Waals surface area contributed by atoms with E-state index in [-0.39, 0.29) is 17.1 Å². The third kappa shape index (κ3) is 5.54. The Balaban J connectivity index is 1.79. The molecule has 29 heavy (non-hydrogen) atoms. The SMILES string of the molecule is O=[N+]([O-])c1ccc(O[C@@H](CNS(=O)(=O)c2ccc(Cl)cc2)c2ccccc2)cc1. The number of nitrogens with one attached hydrogen (secondary N) is 1. The van der Waals surface area contributed by atoms with E-state index in [0.29, 0.717) is 10.8 Å². The first-order chi connectivity index (χ1) is 13.8. The molecule has 0 aromatic heterocycles. The monoisotopic (exact) mass is 432 g/mol. The summed E-state index contributed by atoms with van der Waals surface area (Å²) in [5.41, 5.74) is 0.696. The molecule has 0 aliphatic heterocycles. The van der Waals surface area contributed by atoms with E-state index in [0.717, 1.165) is 5.56 Å². The van der Waals surface area contributed by atoms with Crippen LogP contribution in [0.15, 0.2) is 83.8 Å². The molecule has 3 aromatic rings. The fraction of sp³-hybridized carbons (Fsp3) is 0.100. The van der Waals surface area contributed by atoms with Gasteiger partial charge in [-0.1, -0.05) is 41.9 Å². The Labute approximate surface area is 173 Å². The van der Waals surface area contributed by atoms with Crippen LogP contribution in [0.3, 0.4) is 0 Å². The molecule has 0 aliphatic carbocycles. The van der Waals surface area contributed by atoms with Crippen molar-refractivity contribution in [2.45, 2.75) is 11.0 Å². The highest BCUT2D eigenvalue weighted by molar-refractivity contribution is 7.89. The Hall–Kier alpha value is -2.94. The molecule has 0 aliphatic rings. The summed E-state index contributed by atoms with van der Waals surface area (Å²) < 4.78 is 33.6. The largest absolute Gasteiger partial charge is 0.484 e. The van der Waals surface area contributed by atoms with Gasteiger partial charge in [0.2, 0.25) is 10.0 Å². The van der Waals surface area contributed by atoms with Crippen LogP contribution < -0.4 is 9.46 Å². The summed E-state index contributed by atoms with van der Waals surface area (Å²) in [6.45, 7) is -0.0358. The maximum atomic E-state index is 12.6. The second kappa shape index (κ2) is 9.04. The van der Waals surface area contributed by atoms with Crippen LogP contribution in [0.2, 0.25) is 5.02 Å². The Morgan fingerprint density at radius 1 is 0.966 bits per heavy atom. The summed E-state index contributed by atoms with van der Waals surface area (Å²) in [5, 5.41) is 11.2. The highest BCUT2D eigenvalue weighted by Crippen LogP contribution is 2.24. The molecule has 1 N–H and O–H groups in total. The zero-order valence-corrected chi connectivity index (χ0v) is 16.6. The molecule has 0 fully saturated rings. The molecule has 150 valence electrons. The van der Waals surface area contributed by atoms with Gasteiger partial charge in [0, 0.05) is 17.2 Å². The van der Waals surface area contributed by atoms with E-state index in [1.54, 1.807) is 0 Å². The lowest BCUT2D eigenvalue weighted by atomic mass is 10.1. The maximum Gasteiger partial charge on any atom is 0.269 e. The van der Waals surface area contributed by atoms with E-state index in [1.165, 1.54) is 48.5 Å². The van der Waals surface area contributed by atoms with Gasteiger partial charge in [0.25, 0.3) is 5.69 Å². The number of nitro groups is 1. The molecular formula is C20H17ClN2O5S. The van der Waals surface area contributed by atoms with E-state index < -0.39 is 21.1 Å². The summed E-state index contributed by atoms with van der Waals surface area (Å²) in [5.74, 6) is 0.384. The number of halogens is 1. The third-order valence-electron chi connectivity index (χ3n) is 4.08. The zero-order chi connectivity index (χ0) is 20.9. The smallest absolute Gasteiger partial charge is 0.269 e. The molecule has 0 spiro atoms. The lowest BCUT2D eigenvalue weighted by Crippen LogP contribution is -2.30. The minimum absolute atomic E-state index is 0.0358. The van der Waals surface area contributed by atoms with Crippen molar-refractivity contribution in [2.75, 3.05) is 6.54 Å². The van der Waals surface area contributed by atoms with Gasteiger partial charge >= 0.3 is 0 Å². The van der Waals surface area contributed by atoms with E-state index in [2.05, 4.69) is 4.72 Å². The minimum Gasteiger partial charge on any atom is -0.484 e. The molecule has 0 saturated heterocycles. The minimum atomic E-state index is -3.77. The van der Waals surface area contributed by atoms with Crippen LogP contribution in [-0.4, -0.2) is 19.9 Å². The maximum absolute atomic E-state index is 12.6. The van der Waals surface area contributed by atoms with Crippen LogP contribution in [-0.2, 0) is 10.0 Å². The number of hydrogen-bond acceptors (Lipinski definition) is 5. The number of hydrogen-bond donors (Lipinski definition) is 1. The molecule has 7 nitrogen and oxygen atoms in total. The van der Waals surface area contributed by atoms with Crippen molar-refractivity contribution in [2.24, 2.45) is 0 Å². The molecule has 0 bridgehead atoms. The first-order valence-electron chi connectivity index (χ1n) is 8.56. The Bertz CT molecular complexity index is 1070. The van der Waals surface area contributed by atoms with Gasteiger partial charge in [0.05, 0.1) is 16.4 Å². The first-order valence-corrected chi connectivity index (χ1v) is 10.4. The second-order valence-electron chi connectivity index (χ2n) is 6.07. The number of sulfonamides is 1. The topological polar surface area (TPSA) is 98.5 Å². The molecule has 0 unspecified atom stereocenters. The van der Waals surface area contributed by atoms with Crippen LogP contribution >= 0.6 is 11.6 Å². The van der Waals surface area contributed by atoms with Crippen molar-refractivity contribution in [1.29, 1.82) is 0 Å². The lowest BCUT2D eigenvalue weighted by Gasteiger charge is -2.20. The number of benzene rings is 3. The van der Waals surface area contributed by atoms with E-state index in [4.69, 9.17) is 16.3 Å². The number of ether oxygens (including phenoxy) is 1. The third-order valence-corrected chi connectivity index (χ3v) is 5.77. The first kappa shape index (κ1) is 20.8. The van der Waals surface area contributed by atoms with E-state index in [9.17, 15) is 18.5 Å². The highest BCUT2D eigenvalue weighted by atomic mass is 35.5. The van der Waals surface area contributed by atoms with E-state index in [1.807, 2.05) is 30.3 Å². The summed E-state index contributed by atoms with van der Waals surface area (Å²) in [6, 6.07) is 20.5. The molecule has 0 radical (unpaired) electrons. The second-order valence-corrected chi connectivity index (χ2v) is 8.28. The van der Waals surface area contributed by atoms with Crippen LogP contribution in [0.25, 0.3) is 0 Å².